The molecule has 0 aliphatic carbocycles. The van der Waals surface area contributed by atoms with E-state index in [9.17, 15) is 18.0 Å². The van der Waals surface area contributed by atoms with Crippen molar-refractivity contribution >= 4 is 73.9 Å². The zero-order valence-electron chi connectivity index (χ0n) is 24.3. The molecule has 0 aliphatic heterocycles. The number of rotatable bonds is 13. The summed E-state index contributed by atoms with van der Waals surface area (Å²) in [5.74, 6) is -1.07. The lowest BCUT2D eigenvalue weighted by Crippen LogP contribution is -2.53. The fourth-order valence-electron chi connectivity index (χ4n) is 4.71. The summed E-state index contributed by atoms with van der Waals surface area (Å²) in [6.45, 7) is 1.46. The lowest BCUT2D eigenvalue weighted by atomic mass is 10.0. The van der Waals surface area contributed by atoms with E-state index in [0.29, 0.717) is 28.6 Å². The first-order valence-electron chi connectivity index (χ1n) is 14.1. The molecule has 1 N–H and O–H groups in total. The van der Waals surface area contributed by atoms with Crippen molar-refractivity contribution in [2.45, 2.75) is 37.2 Å². The highest BCUT2D eigenvalue weighted by Gasteiger charge is 2.35. The van der Waals surface area contributed by atoms with Gasteiger partial charge in [0, 0.05) is 45.2 Å². The highest BCUT2D eigenvalue weighted by molar-refractivity contribution is 7.92. The average molecular weight is 708 g/mol. The van der Waals surface area contributed by atoms with Gasteiger partial charge >= 0.3 is 0 Å². The molecule has 0 radical (unpaired) electrons. The number of anilines is 1. The number of hydrogen-bond acceptors (Lipinski definition) is 4. The molecule has 4 aromatic rings. The summed E-state index contributed by atoms with van der Waals surface area (Å²) in [5.41, 5.74) is 1.29. The summed E-state index contributed by atoms with van der Waals surface area (Å²) in [6, 6.07) is 25.1. The Morgan fingerprint density at radius 1 is 0.800 bits per heavy atom. The molecule has 4 rings (SSSR count). The van der Waals surface area contributed by atoms with Crippen LogP contribution in [0.15, 0.2) is 102 Å². The summed E-state index contributed by atoms with van der Waals surface area (Å²) < 4.78 is 29.1. The highest BCUT2D eigenvalue weighted by atomic mass is 35.5. The predicted molar refractivity (Wildman–Crippen MR) is 182 cm³/mol. The molecule has 0 saturated heterocycles. The van der Waals surface area contributed by atoms with Gasteiger partial charge in [0.25, 0.3) is 10.0 Å². The molecule has 45 heavy (non-hydrogen) atoms. The minimum absolute atomic E-state index is 0.0453. The predicted octanol–water partition coefficient (Wildman–Crippen LogP) is 7.66. The molecule has 0 spiro atoms. The van der Waals surface area contributed by atoms with E-state index in [1.54, 1.807) is 36.4 Å². The molecule has 2 amide bonds. The number of nitrogens with zero attached hydrogens (tertiary/aromatic N) is 2. The van der Waals surface area contributed by atoms with E-state index in [1.807, 2.05) is 37.3 Å². The van der Waals surface area contributed by atoms with E-state index < -0.39 is 34.4 Å². The van der Waals surface area contributed by atoms with Crippen LogP contribution >= 0.6 is 46.4 Å². The van der Waals surface area contributed by atoms with Gasteiger partial charge < -0.3 is 10.2 Å². The average Bonchev–Trinajstić information content (AvgIpc) is 3.01. The van der Waals surface area contributed by atoms with Crippen molar-refractivity contribution in [2.24, 2.45) is 0 Å². The van der Waals surface area contributed by atoms with Crippen molar-refractivity contribution in [1.29, 1.82) is 0 Å². The zero-order chi connectivity index (χ0) is 32.6. The molecule has 0 bridgehead atoms. The first-order chi connectivity index (χ1) is 21.5. The Hall–Kier alpha value is -3.27. The Morgan fingerprint density at radius 2 is 1.38 bits per heavy atom. The molecule has 0 aromatic heterocycles. The molecular weight excluding hydrogens is 676 g/mol. The Balaban J connectivity index is 1.85. The van der Waals surface area contributed by atoms with Gasteiger partial charge in [0.2, 0.25) is 11.8 Å². The number of benzene rings is 4. The minimum Gasteiger partial charge on any atom is -0.354 e. The largest absolute Gasteiger partial charge is 0.354 e. The van der Waals surface area contributed by atoms with Gasteiger partial charge in [0.05, 0.1) is 10.6 Å². The Kier molecular flexibility index (Phi) is 12.2. The zero-order valence-corrected chi connectivity index (χ0v) is 28.1. The monoisotopic (exact) mass is 705 g/mol. The second-order valence-electron chi connectivity index (χ2n) is 10.2. The molecule has 7 nitrogen and oxygen atoms in total. The van der Waals surface area contributed by atoms with Crippen molar-refractivity contribution in [3.63, 3.8) is 0 Å². The number of nitrogens with one attached hydrogen (secondary N) is 1. The van der Waals surface area contributed by atoms with Crippen LogP contribution in [0.1, 0.15) is 24.5 Å². The van der Waals surface area contributed by atoms with Gasteiger partial charge in [0.15, 0.2) is 0 Å². The van der Waals surface area contributed by atoms with Gasteiger partial charge in [0.1, 0.15) is 12.6 Å². The standard InChI is InChI=1S/C33H31Cl4N3O4S/c1-2-16-38-33(42)31(17-23-10-5-3-6-11-23)39(21-28-29(36)14-9-15-30(28)37)32(41)22-40(26-19-24(34)18-25(35)20-26)45(43,44)27-12-7-4-8-13-27/h3-15,18-20,31H,2,16-17,21-22H2,1H3,(H,38,42)/t31-/m1/s1. The van der Waals surface area contributed by atoms with E-state index in [0.717, 1.165) is 9.87 Å². The maximum atomic E-state index is 14.5. The van der Waals surface area contributed by atoms with E-state index in [1.165, 1.54) is 35.2 Å². The summed E-state index contributed by atoms with van der Waals surface area (Å²) in [7, 11) is -4.31. The van der Waals surface area contributed by atoms with Gasteiger partial charge in [-0.2, -0.15) is 0 Å². The molecule has 12 heteroatoms. The summed E-state index contributed by atoms with van der Waals surface area (Å²) in [4.78, 5) is 29.5. The fourth-order valence-corrected chi connectivity index (χ4v) is 7.16. The third kappa shape index (κ3) is 8.93. The van der Waals surface area contributed by atoms with E-state index in [4.69, 9.17) is 46.4 Å². The first-order valence-corrected chi connectivity index (χ1v) is 17.0. The van der Waals surface area contributed by atoms with Crippen LogP contribution in [0.25, 0.3) is 0 Å². The van der Waals surface area contributed by atoms with Crippen LogP contribution in [-0.4, -0.2) is 44.3 Å². The Bertz CT molecular complexity index is 1700. The maximum absolute atomic E-state index is 14.5. The van der Waals surface area contributed by atoms with Gasteiger partial charge in [-0.1, -0.05) is 108 Å². The van der Waals surface area contributed by atoms with E-state index in [2.05, 4.69) is 5.32 Å². The normalized spacial score (nSPS) is 11.9. The SMILES string of the molecule is CCCNC(=O)[C@@H](Cc1ccccc1)N(Cc1c(Cl)cccc1Cl)C(=O)CN(c1cc(Cl)cc(Cl)c1)S(=O)(=O)c1ccccc1. The second kappa shape index (κ2) is 15.8. The highest BCUT2D eigenvalue weighted by Crippen LogP contribution is 2.31. The summed E-state index contributed by atoms with van der Waals surface area (Å²) in [5, 5.41) is 3.84. The maximum Gasteiger partial charge on any atom is 0.264 e. The van der Waals surface area contributed by atoms with Crippen LogP contribution in [0.5, 0.6) is 0 Å². The van der Waals surface area contributed by atoms with Gasteiger partial charge in [-0.25, -0.2) is 8.42 Å². The molecule has 0 unspecified atom stereocenters. The van der Waals surface area contributed by atoms with Crippen molar-refractivity contribution in [3.8, 4) is 0 Å². The van der Waals surface area contributed by atoms with E-state index in [-0.39, 0.29) is 33.6 Å². The molecule has 0 saturated carbocycles. The molecule has 0 aliphatic rings. The quantitative estimate of drug-likeness (QED) is 0.155. The molecule has 4 aromatic carbocycles. The van der Waals surface area contributed by atoms with Crippen molar-refractivity contribution < 1.29 is 18.0 Å². The van der Waals surface area contributed by atoms with Crippen LogP contribution in [0, 0.1) is 0 Å². The molecular formula is C33H31Cl4N3O4S. The fraction of sp³-hybridized carbons (Fsp3) is 0.212. The lowest BCUT2D eigenvalue weighted by molar-refractivity contribution is -0.140. The number of halogens is 4. The van der Waals surface area contributed by atoms with Crippen molar-refractivity contribution in [2.75, 3.05) is 17.4 Å². The third-order valence-electron chi connectivity index (χ3n) is 6.96. The number of carbonyl (C=O) groups excluding carboxylic acids is 2. The number of amides is 2. The van der Waals surface area contributed by atoms with Gasteiger partial charge in [-0.3, -0.25) is 13.9 Å². The van der Waals surface area contributed by atoms with Crippen molar-refractivity contribution in [3.05, 3.63) is 128 Å². The Morgan fingerprint density at radius 3 is 1.96 bits per heavy atom. The molecule has 0 heterocycles. The van der Waals surface area contributed by atoms with Gasteiger partial charge in [-0.05, 0) is 54.4 Å². The first kappa shape index (κ1) is 34.6. The summed E-state index contributed by atoms with van der Waals surface area (Å²) in [6.07, 6.45) is 0.825. The second-order valence-corrected chi connectivity index (χ2v) is 13.7. The molecule has 236 valence electrons. The Labute approximate surface area is 283 Å². The summed E-state index contributed by atoms with van der Waals surface area (Å²) >= 11 is 25.6. The lowest BCUT2D eigenvalue weighted by Gasteiger charge is -2.34. The molecule has 0 fully saturated rings. The van der Waals surface area contributed by atoms with Crippen molar-refractivity contribution in [1.82, 2.24) is 10.2 Å². The number of sulfonamides is 1. The van der Waals surface area contributed by atoms with Crippen LogP contribution in [0.2, 0.25) is 20.1 Å². The van der Waals surface area contributed by atoms with Crippen LogP contribution in [0.4, 0.5) is 5.69 Å². The third-order valence-corrected chi connectivity index (χ3v) is 9.89. The van der Waals surface area contributed by atoms with E-state index >= 15 is 0 Å². The minimum atomic E-state index is -4.31. The van der Waals surface area contributed by atoms with Crippen LogP contribution < -0.4 is 9.62 Å². The topological polar surface area (TPSA) is 86.8 Å². The van der Waals surface area contributed by atoms with Gasteiger partial charge in [-0.15, -0.1) is 0 Å². The number of carbonyl (C=O) groups is 2. The number of hydrogen-bond donors (Lipinski definition) is 1. The molecule has 1 atom stereocenters. The van der Waals surface area contributed by atoms with Crippen LogP contribution in [0.3, 0.4) is 0 Å². The smallest absolute Gasteiger partial charge is 0.264 e. The van der Waals surface area contributed by atoms with Crippen LogP contribution in [-0.2, 0) is 32.6 Å².